The van der Waals surface area contributed by atoms with Gasteiger partial charge in [0.15, 0.2) is 12.4 Å². The number of carboxylic acid groups (broad SMARTS) is 1. The van der Waals surface area contributed by atoms with Crippen LogP contribution in [0.5, 0.6) is 0 Å². The fourth-order valence-corrected chi connectivity index (χ4v) is 1.44. The third-order valence-corrected chi connectivity index (χ3v) is 2.44. The monoisotopic (exact) mass is 252 g/mol. The molecule has 1 aliphatic rings. The number of aliphatic hydroxyl groups excluding tert-OH is 4. The van der Waals surface area contributed by atoms with Crippen molar-refractivity contribution in [2.45, 2.75) is 43.7 Å². The molecular weight excluding hydrogens is 236 g/mol. The molecule has 0 aliphatic carbocycles. The van der Waals surface area contributed by atoms with Crippen LogP contribution in [-0.2, 0) is 14.3 Å². The summed E-state index contributed by atoms with van der Waals surface area (Å²) in [6.07, 6.45) is -8.84. The molecule has 5 N–H and O–H groups in total. The molecule has 1 fully saturated rings. The summed E-state index contributed by atoms with van der Waals surface area (Å²) in [5.41, 5.74) is 0. The van der Waals surface area contributed by atoms with Crippen LogP contribution in [0.25, 0.3) is 0 Å². The second kappa shape index (κ2) is 5.71. The molecule has 0 bridgehead atoms. The Hall–Kier alpha value is -0.770. The summed E-state index contributed by atoms with van der Waals surface area (Å²) in [6, 6.07) is 0. The van der Waals surface area contributed by atoms with E-state index in [1.165, 1.54) is 6.92 Å². The van der Waals surface area contributed by atoms with Crippen LogP contribution in [-0.4, -0.2) is 74.9 Å². The Morgan fingerprint density at radius 1 is 1.29 bits per heavy atom. The van der Waals surface area contributed by atoms with Crippen molar-refractivity contribution in [2.75, 3.05) is 6.61 Å². The number of aliphatic hydroxyl groups is 4. The minimum atomic E-state index is -1.74. The highest BCUT2D eigenvalue weighted by molar-refractivity contribution is 5.73. The molecule has 17 heavy (non-hydrogen) atoms. The molecule has 8 nitrogen and oxygen atoms in total. The van der Waals surface area contributed by atoms with E-state index in [1.807, 2.05) is 0 Å². The highest BCUT2D eigenvalue weighted by Gasteiger charge is 2.47. The van der Waals surface area contributed by atoms with E-state index in [0.29, 0.717) is 0 Å². The average molecular weight is 252 g/mol. The van der Waals surface area contributed by atoms with Gasteiger partial charge < -0.3 is 35.0 Å². The lowest BCUT2D eigenvalue weighted by molar-refractivity contribution is -0.304. The Morgan fingerprint density at radius 3 is 2.35 bits per heavy atom. The normalized spacial score (nSPS) is 39.9. The van der Waals surface area contributed by atoms with Crippen molar-refractivity contribution >= 4 is 5.97 Å². The van der Waals surface area contributed by atoms with Crippen LogP contribution >= 0.6 is 0 Å². The Kier molecular flexibility index (Phi) is 4.80. The summed E-state index contributed by atoms with van der Waals surface area (Å²) < 4.78 is 9.82. The quantitative estimate of drug-likeness (QED) is 0.364. The van der Waals surface area contributed by atoms with E-state index < -0.39 is 42.8 Å². The topological polar surface area (TPSA) is 137 Å². The maximum atomic E-state index is 10.7. The second-order valence-electron chi connectivity index (χ2n) is 3.86. The zero-order valence-electron chi connectivity index (χ0n) is 9.13. The molecule has 1 aliphatic heterocycles. The van der Waals surface area contributed by atoms with Crippen molar-refractivity contribution in [1.82, 2.24) is 0 Å². The standard InChI is InChI=1S/C9H16O8/c1-3(2-10)16-9-6(13)4(11)5(12)7(17-9)8(14)15/h3-7,9-13H,2H2,1H3,(H,14,15)/t3?,4-,5+,6?,7?,9-/m0/s1. The van der Waals surface area contributed by atoms with Crippen LogP contribution in [0.15, 0.2) is 0 Å². The first-order valence-corrected chi connectivity index (χ1v) is 5.07. The number of ether oxygens (including phenoxy) is 2. The van der Waals surface area contributed by atoms with Crippen LogP contribution < -0.4 is 0 Å². The summed E-state index contributed by atoms with van der Waals surface area (Å²) in [6.45, 7) is 1.12. The third-order valence-electron chi connectivity index (χ3n) is 2.44. The summed E-state index contributed by atoms with van der Waals surface area (Å²) >= 11 is 0. The van der Waals surface area contributed by atoms with Gasteiger partial charge in [0.2, 0.25) is 0 Å². The number of carbonyl (C=O) groups is 1. The van der Waals surface area contributed by atoms with E-state index >= 15 is 0 Å². The van der Waals surface area contributed by atoms with Gasteiger partial charge in [0.25, 0.3) is 0 Å². The fourth-order valence-electron chi connectivity index (χ4n) is 1.44. The SMILES string of the molecule is CC(CO)O[C@H]1OC(C(=O)O)[C@H](O)[C@H](O)C1O. The van der Waals surface area contributed by atoms with Crippen molar-refractivity contribution in [3.8, 4) is 0 Å². The van der Waals surface area contributed by atoms with E-state index in [-0.39, 0.29) is 6.61 Å². The molecule has 1 heterocycles. The summed E-state index contributed by atoms with van der Waals surface area (Å²) in [5.74, 6) is -1.48. The van der Waals surface area contributed by atoms with Gasteiger partial charge in [-0.15, -0.1) is 0 Å². The molecule has 0 aromatic carbocycles. The van der Waals surface area contributed by atoms with Crippen molar-refractivity contribution in [3.05, 3.63) is 0 Å². The molecule has 0 aromatic rings. The summed E-state index contributed by atoms with van der Waals surface area (Å²) in [5, 5.41) is 45.8. The molecule has 1 saturated heterocycles. The molecule has 0 amide bonds. The molecule has 6 atom stereocenters. The number of hydrogen-bond acceptors (Lipinski definition) is 7. The number of aliphatic carboxylic acids is 1. The molecular formula is C9H16O8. The molecule has 100 valence electrons. The molecule has 0 radical (unpaired) electrons. The van der Waals surface area contributed by atoms with Gasteiger partial charge in [-0.3, -0.25) is 0 Å². The van der Waals surface area contributed by atoms with E-state index in [2.05, 4.69) is 0 Å². The van der Waals surface area contributed by atoms with Gasteiger partial charge in [-0.1, -0.05) is 0 Å². The second-order valence-corrected chi connectivity index (χ2v) is 3.86. The number of carboxylic acids is 1. The Labute approximate surface area is 97.0 Å². The Balaban J connectivity index is 2.74. The van der Waals surface area contributed by atoms with E-state index in [1.54, 1.807) is 0 Å². The predicted molar refractivity (Wildman–Crippen MR) is 52.0 cm³/mol. The maximum Gasteiger partial charge on any atom is 0.335 e. The van der Waals surface area contributed by atoms with Crippen LogP contribution in [0.1, 0.15) is 6.92 Å². The Morgan fingerprint density at radius 2 is 1.88 bits per heavy atom. The van der Waals surface area contributed by atoms with Gasteiger partial charge in [-0.2, -0.15) is 0 Å². The largest absolute Gasteiger partial charge is 0.479 e. The summed E-state index contributed by atoms with van der Waals surface area (Å²) in [7, 11) is 0. The lowest BCUT2D eigenvalue weighted by atomic mass is 9.99. The van der Waals surface area contributed by atoms with Gasteiger partial charge in [-0.25, -0.2) is 4.79 Å². The molecule has 0 saturated carbocycles. The first kappa shape index (κ1) is 14.3. The van der Waals surface area contributed by atoms with Gasteiger partial charge in [0.1, 0.15) is 18.3 Å². The smallest absolute Gasteiger partial charge is 0.335 e. The molecule has 0 spiro atoms. The van der Waals surface area contributed by atoms with Crippen LogP contribution in [0.3, 0.4) is 0 Å². The highest BCUT2D eigenvalue weighted by atomic mass is 16.7. The predicted octanol–water partition coefficient (Wildman–Crippen LogP) is -2.72. The first-order chi connectivity index (χ1) is 7.88. The minimum Gasteiger partial charge on any atom is -0.479 e. The molecule has 1 rings (SSSR count). The number of rotatable bonds is 4. The maximum absolute atomic E-state index is 10.7. The van der Waals surface area contributed by atoms with Gasteiger partial charge >= 0.3 is 5.97 Å². The fraction of sp³-hybridized carbons (Fsp3) is 0.889. The molecule has 3 unspecified atom stereocenters. The average Bonchev–Trinajstić information content (AvgIpc) is 2.29. The van der Waals surface area contributed by atoms with Gasteiger partial charge in [-0.05, 0) is 6.92 Å². The van der Waals surface area contributed by atoms with E-state index in [9.17, 15) is 20.1 Å². The highest BCUT2D eigenvalue weighted by Crippen LogP contribution is 2.23. The van der Waals surface area contributed by atoms with Crippen molar-refractivity contribution in [3.63, 3.8) is 0 Å². The van der Waals surface area contributed by atoms with E-state index in [4.69, 9.17) is 19.7 Å². The zero-order valence-corrected chi connectivity index (χ0v) is 9.13. The first-order valence-electron chi connectivity index (χ1n) is 5.07. The van der Waals surface area contributed by atoms with Crippen LogP contribution in [0, 0.1) is 0 Å². The van der Waals surface area contributed by atoms with Crippen LogP contribution in [0.2, 0.25) is 0 Å². The molecule has 0 aromatic heterocycles. The van der Waals surface area contributed by atoms with Crippen LogP contribution in [0.4, 0.5) is 0 Å². The lowest BCUT2D eigenvalue weighted by Gasteiger charge is -2.39. The van der Waals surface area contributed by atoms with E-state index in [0.717, 1.165) is 0 Å². The molecule has 8 heteroatoms. The summed E-state index contributed by atoms with van der Waals surface area (Å²) in [4.78, 5) is 10.7. The minimum absolute atomic E-state index is 0.358. The lowest BCUT2D eigenvalue weighted by Crippen LogP contribution is -2.60. The number of hydrogen-bond donors (Lipinski definition) is 5. The van der Waals surface area contributed by atoms with Crippen molar-refractivity contribution in [1.29, 1.82) is 0 Å². The van der Waals surface area contributed by atoms with Crippen molar-refractivity contribution in [2.24, 2.45) is 0 Å². The zero-order chi connectivity index (χ0) is 13.2. The Bertz CT molecular complexity index is 270. The van der Waals surface area contributed by atoms with Crippen molar-refractivity contribution < 1.29 is 39.8 Å². The van der Waals surface area contributed by atoms with Gasteiger partial charge in [0, 0.05) is 0 Å². The third kappa shape index (κ3) is 3.12. The van der Waals surface area contributed by atoms with Gasteiger partial charge in [0.05, 0.1) is 12.7 Å².